The van der Waals surface area contributed by atoms with E-state index in [4.69, 9.17) is 4.74 Å². The van der Waals surface area contributed by atoms with Crippen molar-refractivity contribution in [2.24, 2.45) is 0 Å². The first-order chi connectivity index (χ1) is 11.1. The molecule has 23 heavy (non-hydrogen) atoms. The first-order valence-corrected chi connectivity index (χ1v) is 8.15. The van der Waals surface area contributed by atoms with E-state index in [2.05, 4.69) is 10.3 Å². The number of nitrogens with one attached hydrogen (secondary N) is 1. The number of hydrogen-bond acceptors (Lipinski definition) is 6. The Morgan fingerprint density at radius 1 is 1.57 bits per heavy atom. The molecule has 1 aromatic heterocycles. The maximum absolute atomic E-state index is 13.2. The second-order valence-electron chi connectivity index (χ2n) is 5.20. The molecule has 0 saturated carbocycles. The largest absolute Gasteiger partial charge is 0.463 e. The average molecular weight is 337 g/mol. The number of thiazole rings is 1. The third-order valence-electron chi connectivity index (χ3n) is 3.72. The number of rotatable bonds is 4. The summed E-state index contributed by atoms with van der Waals surface area (Å²) in [4.78, 5) is 30.2. The third-order valence-corrected chi connectivity index (χ3v) is 4.65. The fraction of sp³-hybridized carbons (Fsp3) is 0.400. The number of amides is 1. The first kappa shape index (κ1) is 15.8. The molecule has 1 saturated heterocycles. The lowest BCUT2D eigenvalue weighted by molar-refractivity contribution is -0.158. The summed E-state index contributed by atoms with van der Waals surface area (Å²) < 4.78 is 18.9. The monoisotopic (exact) mass is 337 g/mol. The lowest BCUT2D eigenvalue weighted by atomic mass is 10.1. The molecule has 1 unspecified atom stereocenters. The van der Waals surface area contributed by atoms with E-state index in [0.717, 1.165) is 0 Å². The predicted molar refractivity (Wildman–Crippen MR) is 84.8 cm³/mol. The Hall–Kier alpha value is -2.06. The number of nitrogens with zero attached hydrogens (tertiary/aromatic N) is 2. The van der Waals surface area contributed by atoms with E-state index in [-0.39, 0.29) is 24.1 Å². The highest BCUT2D eigenvalue weighted by atomic mass is 32.1. The molecule has 8 heteroatoms. The van der Waals surface area contributed by atoms with Crippen molar-refractivity contribution in [3.05, 3.63) is 24.0 Å². The van der Waals surface area contributed by atoms with Crippen molar-refractivity contribution in [1.82, 2.24) is 9.88 Å². The molecule has 0 radical (unpaired) electrons. The fourth-order valence-electron chi connectivity index (χ4n) is 2.55. The second kappa shape index (κ2) is 6.59. The van der Waals surface area contributed by atoms with Crippen LogP contribution in [0, 0.1) is 5.82 Å². The van der Waals surface area contributed by atoms with Gasteiger partial charge in [-0.2, -0.15) is 0 Å². The third kappa shape index (κ3) is 3.48. The van der Waals surface area contributed by atoms with Gasteiger partial charge in [0.05, 0.1) is 16.6 Å². The Labute approximate surface area is 136 Å². The van der Waals surface area contributed by atoms with Crippen LogP contribution in [0.15, 0.2) is 18.2 Å². The highest BCUT2D eigenvalue weighted by molar-refractivity contribution is 7.22. The molecule has 2 heterocycles. The summed E-state index contributed by atoms with van der Waals surface area (Å²) in [5.74, 6) is -1.03. The summed E-state index contributed by atoms with van der Waals surface area (Å²) in [6.45, 7) is 3.59. The van der Waals surface area contributed by atoms with E-state index in [1.54, 1.807) is 6.07 Å². The SMILES string of the molecule is CCN1CCOC(=O)C1CC(=O)Nc1nc2ccc(F)cc2s1. The number of aromatic nitrogens is 1. The van der Waals surface area contributed by atoms with Crippen LogP contribution in [0.5, 0.6) is 0 Å². The molecule has 0 spiro atoms. The Morgan fingerprint density at radius 2 is 2.39 bits per heavy atom. The van der Waals surface area contributed by atoms with E-state index >= 15 is 0 Å². The maximum atomic E-state index is 13.2. The van der Waals surface area contributed by atoms with E-state index in [1.807, 2.05) is 11.8 Å². The van der Waals surface area contributed by atoms with Crippen molar-refractivity contribution >= 4 is 38.6 Å². The summed E-state index contributed by atoms with van der Waals surface area (Å²) in [6.07, 6.45) is 0.0109. The minimum atomic E-state index is -0.569. The van der Waals surface area contributed by atoms with Gasteiger partial charge in [0.25, 0.3) is 0 Å². The Balaban J connectivity index is 1.69. The summed E-state index contributed by atoms with van der Waals surface area (Å²) >= 11 is 1.20. The Bertz CT molecular complexity index is 749. The van der Waals surface area contributed by atoms with Crippen molar-refractivity contribution in [2.45, 2.75) is 19.4 Å². The number of likely N-dealkylation sites (N-methyl/N-ethyl adjacent to an activating group) is 1. The van der Waals surface area contributed by atoms with E-state index < -0.39 is 6.04 Å². The number of esters is 1. The molecule has 0 bridgehead atoms. The van der Waals surface area contributed by atoms with Gasteiger partial charge in [-0.05, 0) is 24.7 Å². The second-order valence-corrected chi connectivity index (χ2v) is 6.23. The van der Waals surface area contributed by atoms with Gasteiger partial charge >= 0.3 is 5.97 Å². The highest BCUT2D eigenvalue weighted by Gasteiger charge is 2.32. The molecule has 1 amide bonds. The minimum absolute atomic E-state index is 0.0109. The number of anilines is 1. The van der Waals surface area contributed by atoms with Crippen LogP contribution in [0.1, 0.15) is 13.3 Å². The van der Waals surface area contributed by atoms with Crippen LogP contribution in [-0.4, -0.2) is 47.5 Å². The van der Waals surface area contributed by atoms with Crippen LogP contribution < -0.4 is 5.32 Å². The zero-order chi connectivity index (χ0) is 16.4. The van der Waals surface area contributed by atoms with Gasteiger partial charge in [0.15, 0.2) is 5.13 Å². The van der Waals surface area contributed by atoms with Gasteiger partial charge in [-0.1, -0.05) is 18.3 Å². The molecular formula is C15H16FN3O3S. The van der Waals surface area contributed by atoms with E-state index in [1.165, 1.54) is 23.5 Å². The number of cyclic esters (lactones) is 1. The zero-order valence-electron chi connectivity index (χ0n) is 12.5. The number of ether oxygens (including phenoxy) is 1. The molecule has 1 N–H and O–H groups in total. The minimum Gasteiger partial charge on any atom is -0.463 e. The Kier molecular flexibility index (Phi) is 4.53. The van der Waals surface area contributed by atoms with E-state index in [0.29, 0.717) is 35.0 Å². The topological polar surface area (TPSA) is 71.5 Å². The molecule has 122 valence electrons. The van der Waals surface area contributed by atoms with Crippen LogP contribution in [0.3, 0.4) is 0 Å². The van der Waals surface area contributed by atoms with E-state index in [9.17, 15) is 14.0 Å². The maximum Gasteiger partial charge on any atom is 0.323 e. The normalized spacial score (nSPS) is 18.9. The quantitative estimate of drug-likeness (QED) is 0.864. The molecule has 1 aliphatic rings. The molecule has 0 aliphatic carbocycles. The Morgan fingerprint density at radius 3 is 3.17 bits per heavy atom. The van der Waals surface area contributed by atoms with Crippen LogP contribution >= 0.6 is 11.3 Å². The van der Waals surface area contributed by atoms with Crippen LogP contribution in [-0.2, 0) is 14.3 Å². The van der Waals surface area contributed by atoms with Crippen molar-refractivity contribution < 1.29 is 18.7 Å². The summed E-state index contributed by atoms with van der Waals surface area (Å²) in [5, 5.41) is 3.07. The fourth-order valence-corrected chi connectivity index (χ4v) is 3.46. The molecule has 1 atom stereocenters. The molecule has 1 aromatic carbocycles. The molecule has 6 nitrogen and oxygen atoms in total. The number of morpholine rings is 1. The number of halogens is 1. The number of carbonyl (C=O) groups is 2. The van der Waals surface area contributed by atoms with Crippen molar-refractivity contribution in [3.63, 3.8) is 0 Å². The number of carbonyl (C=O) groups excluding carboxylic acids is 2. The van der Waals surface area contributed by atoms with Gasteiger partial charge in [0.1, 0.15) is 18.5 Å². The lowest BCUT2D eigenvalue weighted by Gasteiger charge is -2.32. The van der Waals surface area contributed by atoms with Gasteiger partial charge < -0.3 is 10.1 Å². The van der Waals surface area contributed by atoms with Crippen LogP contribution in [0.4, 0.5) is 9.52 Å². The number of benzene rings is 1. The molecule has 2 aromatic rings. The molecule has 1 fully saturated rings. The summed E-state index contributed by atoms with van der Waals surface area (Å²) in [6, 6.07) is 3.69. The van der Waals surface area contributed by atoms with Gasteiger partial charge in [-0.3, -0.25) is 14.5 Å². The van der Waals surface area contributed by atoms with Gasteiger partial charge in [0.2, 0.25) is 5.91 Å². The zero-order valence-corrected chi connectivity index (χ0v) is 13.4. The lowest BCUT2D eigenvalue weighted by Crippen LogP contribution is -2.50. The van der Waals surface area contributed by atoms with Crippen LogP contribution in [0.2, 0.25) is 0 Å². The van der Waals surface area contributed by atoms with Gasteiger partial charge in [-0.15, -0.1) is 0 Å². The molecule has 3 rings (SSSR count). The molecular weight excluding hydrogens is 321 g/mol. The predicted octanol–water partition coefficient (Wildman–Crippen LogP) is 2.01. The summed E-state index contributed by atoms with van der Waals surface area (Å²) in [5.41, 5.74) is 0.624. The van der Waals surface area contributed by atoms with Gasteiger partial charge in [0, 0.05) is 6.54 Å². The molecule has 1 aliphatic heterocycles. The van der Waals surface area contributed by atoms with Crippen molar-refractivity contribution in [2.75, 3.05) is 25.0 Å². The average Bonchev–Trinajstić information content (AvgIpc) is 2.90. The smallest absolute Gasteiger partial charge is 0.323 e. The number of hydrogen-bond donors (Lipinski definition) is 1. The first-order valence-electron chi connectivity index (χ1n) is 7.33. The van der Waals surface area contributed by atoms with Crippen molar-refractivity contribution in [3.8, 4) is 0 Å². The highest BCUT2D eigenvalue weighted by Crippen LogP contribution is 2.26. The summed E-state index contributed by atoms with van der Waals surface area (Å²) in [7, 11) is 0. The van der Waals surface area contributed by atoms with Gasteiger partial charge in [-0.25, -0.2) is 9.37 Å². The standard InChI is InChI=1S/C15H16FN3O3S/c1-2-19-5-6-22-14(21)11(19)8-13(20)18-15-17-10-4-3-9(16)7-12(10)23-15/h3-4,7,11H,2,5-6,8H2,1H3,(H,17,18,20). The van der Waals surface area contributed by atoms with Crippen molar-refractivity contribution in [1.29, 1.82) is 0 Å². The van der Waals surface area contributed by atoms with Crippen LogP contribution in [0.25, 0.3) is 10.2 Å². The number of fused-ring (bicyclic) bond motifs is 1.